The van der Waals surface area contributed by atoms with Crippen LogP contribution in [-0.2, 0) is 4.79 Å². The first kappa shape index (κ1) is 14.0. The van der Waals surface area contributed by atoms with Gasteiger partial charge in [-0.15, -0.1) is 0 Å². The summed E-state index contributed by atoms with van der Waals surface area (Å²) in [5.74, 6) is -0.556. The molecule has 0 aliphatic carbocycles. The van der Waals surface area contributed by atoms with Crippen molar-refractivity contribution >= 4 is 12.1 Å². The average molecular weight is 268 g/mol. The highest BCUT2D eigenvalue weighted by Crippen LogP contribution is 2.11. The second-order valence-electron chi connectivity index (χ2n) is 4.46. The van der Waals surface area contributed by atoms with Crippen molar-refractivity contribution in [1.29, 1.82) is 0 Å². The summed E-state index contributed by atoms with van der Waals surface area (Å²) in [6, 6.07) is 16.5. The number of amides is 1. The first-order valence-corrected chi connectivity index (χ1v) is 6.29. The molecule has 0 aliphatic rings. The molecule has 0 radical (unpaired) electrons. The molecule has 4 heteroatoms. The van der Waals surface area contributed by atoms with Crippen LogP contribution in [0.5, 0.6) is 0 Å². The van der Waals surface area contributed by atoms with Crippen LogP contribution in [0.1, 0.15) is 22.8 Å². The van der Waals surface area contributed by atoms with Crippen LogP contribution in [0.4, 0.5) is 0 Å². The standard InChI is InChI=1S/C16H16N2O2/c1-12-7-9-13(10-8-12)11-17-18-16(20)15(19)14-5-3-2-4-6-14/h2-11,15,19H,1H3,(H,18,20)/b17-11+. The molecule has 1 atom stereocenters. The van der Waals surface area contributed by atoms with Crippen LogP contribution in [0.2, 0.25) is 0 Å². The molecule has 2 rings (SSSR count). The summed E-state index contributed by atoms with van der Waals surface area (Å²) in [6.45, 7) is 2.00. The summed E-state index contributed by atoms with van der Waals surface area (Å²) in [4.78, 5) is 11.7. The minimum absolute atomic E-state index is 0.538. The largest absolute Gasteiger partial charge is 0.378 e. The number of hydrazone groups is 1. The fraction of sp³-hybridized carbons (Fsp3) is 0.125. The molecule has 4 nitrogen and oxygen atoms in total. The van der Waals surface area contributed by atoms with E-state index >= 15 is 0 Å². The van der Waals surface area contributed by atoms with E-state index in [9.17, 15) is 9.90 Å². The zero-order chi connectivity index (χ0) is 14.4. The number of hydrogen-bond acceptors (Lipinski definition) is 3. The lowest BCUT2D eigenvalue weighted by Gasteiger charge is -2.08. The second-order valence-corrected chi connectivity index (χ2v) is 4.46. The Labute approximate surface area is 117 Å². The third-order valence-corrected chi connectivity index (χ3v) is 2.83. The van der Waals surface area contributed by atoms with Crippen LogP contribution in [0.3, 0.4) is 0 Å². The van der Waals surface area contributed by atoms with Crippen molar-refractivity contribution in [3.8, 4) is 0 Å². The number of nitrogens with zero attached hydrogens (tertiary/aromatic N) is 1. The Kier molecular flexibility index (Phi) is 4.63. The Morgan fingerprint density at radius 2 is 1.80 bits per heavy atom. The zero-order valence-electron chi connectivity index (χ0n) is 11.2. The molecule has 0 bridgehead atoms. The summed E-state index contributed by atoms with van der Waals surface area (Å²) in [7, 11) is 0. The SMILES string of the molecule is Cc1ccc(/C=N/NC(=O)C(O)c2ccccc2)cc1. The number of hydrogen-bond donors (Lipinski definition) is 2. The second kappa shape index (κ2) is 6.63. The van der Waals surface area contributed by atoms with Gasteiger partial charge < -0.3 is 5.11 Å². The smallest absolute Gasteiger partial charge is 0.273 e. The highest BCUT2D eigenvalue weighted by atomic mass is 16.3. The molecule has 20 heavy (non-hydrogen) atoms. The molecule has 0 spiro atoms. The molecule has 2 N–H and O–H groups in total. The Hall–Kier alpha value is -2.46. The van der Waals surface area contributed by atoms with E-state index in [1.165, 1.54) is 6.21 Å². The highest BCUT2D eigenvalue weighted by Gasteiger charge is 2.15. The number of nitrogens with one attached hydrogen (secondary N) is 1. The van der Waals surface area contributed by atoms with E-state index < -0.39 is 12.0 Å². The Morgan fingerprint density at radius 1 is 1.15 bits per heavy atom. The molecule has 0 aromatic heterocycles. The lowest BCUT2D eigenvalue weighted by molar-refractivity contribution is -0.129. The van der Waals surface area contributed by atoms with Crippen molar-refractivity contribution in [1.82, 2.24) is 5.43 Å². The first-order chi connectivity index (χ1) is 9.66. The van der Waals surface area contributed by atoms with Gasteiger partial charge in [0.2, 0.25) is 0 Å². The third-order valence-electron chi connectivity index (χ3n) is 2.83. The van der Waals surface area contributed by atoms with Crippen LogP contribution in [0.15, 0.2) is 59.7 Å². The van der Waals surface area contributed by atoms with E-state index in [1.807, 2.05) is 37.3 Å². The molecule has 1 unspecified atom stereocenters. The fourth-order valence-electron chi connectivity index (χ4n) is 1.67. The summed E-state index contributed by atoms with van der Waals surface area (Å²) >= 11 is 0. The topological polar surface area (TPSA) is 61.7 Å². The normalized spacial score (nSPS) is 12.3. The fourth-order valence-corrected chi connectivity index (χ4v) is 1.67. The minimum Gasteiger partial charge on any atom is -0.378 e. The molecule has 1 amide bonds. The van der Waals surface area contributed by atoms with Gasteiger partial charge in [-0.2, -0.15) is 5.10 Å². The maximum Gasteiger partial charge on any atom is 0.273 e. The minimum atomic E-state index is -1.22. The van der Waals surface area contributed by atoms with Crippen molar-refractivity contribution in [3.63, 3.8) is 0 Å². The number of carbonyl (C=O) groups excluding carboxylic acids is 1. The Morgan fingerprint density at radius 3 is 2.45 bits per heavy atom. The number of aliphatic hydroxyl groups excluding tert-OH is 1. The van der Waals surface area contributed by atoms with Gasteiger partial charge in [-0.3, -0.25) is 4.79 Å². The first-order valence-electron chi connectivity index (χ1n) is 6.29. The predicted octanol–water partition coefficient (Wildman–Crippen LogP) is 2.18. The molecular formula is C16H16N2O2. The van der Waals surface area contributed by atoms with Gasteiger partial charge in [0.15, 0.2) is 6.10 Å². The number of rotatable bonds is 4. The highest BCUT2D eigenvalue weighted by molar-refractivity contribution is 5.84. The maximum atomic E-state index is 11.7. The van der Waals surface area contributed by atoms with Crippen LogP contribution in [-0.4, -0.2) is 17.2 Å². The molecule has 102 valence electrons. The Balaban J connectivity index is 1.93. The summed E-state index contributed by atoms with van der Waals surface area (Å²) < 4.78 is 0. The molecule has 2 aromatic carbocycles. The van der Waals surface area contributed by atoms with Crippen molar-refractivity contribution in [2.75, 3.05) is 0 Å². The van der Waals surface area contributed by atoms with Crippen molar-refractivity contribution in [3.05, 3.63) is 71.3 Å². The van der Waals surface area contributed by atoms with Gasteiger partial charge in [0.25, 0.3) is 5.91 Å². The maximum absolute atomic E-state index is 11.7. The van der Waals surface area contributed by atoms with Gasteiger partial charge >= 0.3 is 0 Å². The van der Waals surface area contributed by atoms with Crippen molar-refractivity contribution in [2.45, 2.75) is 13.0 Å². The van der Waals surface area contributed by atoms with E-state index in [0.29, 0.717) is 5.56 Å². The number of aryl methyl sites for hydroxylation is 1. The van der Waals surface area contributed by atoms with Crippen molar-refractivity contribution < 1.29 is 9.90 Å². The van der Waals surface area contributed by atoms with E-state index in [-0.39, 0.29) is 0 Å². The molecular weight excluding hydrogens is 252 g/mol. The summed E-state index contributed by atoms with van der Waals surface area (Å²) in [5.41, 5.74) is 4.90. The quantitative estimate of drug-likeness (QED) is 0.659. The third kappa shape index (κ3) is 3.76. The van der Waals surface area contributed by atoms with Gasteiger partial charge in [0.05, 0.1) is 6.21 Å². The van der Waals surface area contributed by atoms with E-state index in [0.717, 1.165) is 11.1 Å². The average Bonchev–Trinajstić information content (AvgIpc) is 2.49. The summed E-state index contributed by atoms with van der Waals surface area (Å²) in [6.07, 6.45) is 0.320. The molecule has 2 aromatic rings. The van der Waals surface area contributed by atoms with Gasteiger partial charge in [-0.25, -0.2) is 5.43 Å². The van der Waals surface area contributed by atoms with E-state index in [1.54, 1.807) is 24.3 Å². The molecule has 0 heterocycles. The Bertz CT molecular complexity index is 592. The van der Waals surface area contributed by atoms with Gasteiger partial charge in [-0.05, 0) is 18.1 Å². The molecule has 0 saturated heterocycles. The predicted molar refractivity (Wildman–Crippen MR) is 78.3 cm³/mol. The number of aliphatic hydroxyl groups is 1. The molecule has 0 aliphatic heterocycles. The van der Waals surface area contributed by atoms with E-state index in [2.05, 4.69) is 10.5 Å². The van der Waals surface area contributed by atoms with Crippen LogP contribution >= 0.6 is 0 Å². The van der Waals surface area contributed by atoms with Crippen LogP contribution in [0.25, 0.3) is 0 Å². The van der Waals surface area contributed by atoms with Crippen LogP contribution < -0.4 is 5.43 Å². The van der Waals surface area contributed by atoms with E-state index in [4.69, 9.17) is 0 Å². The molecule has 0 fully saturated rings. The molecule has 0 saturated carbocycles. The van der Waals surface area contributed by atoms with Gasteiger partial charge in [0, 0.05) is 0 Å². The summed E-state index contributed by atoms with van der Waals surface area (Å²) in [5, 5.41) is 13.7. The lowest BCUT2D eigenvalue weighted by atomic mass is 10.1. The van der Waals surface area contributed by atoms with Crippen molar-refractivity contribution in [2.24, 2.45) is 5.10 Å². The zero-order valence-corrected chi connectivity index (χ0v) is 11.2. The lowest BCUT2D eigenvalue weighted by Crippen LogP contribution is -2.25. The monoisotopic (exact) mass is 268 g/mol. The van der Waals surface area contributed by atoms with Crippen LogP contribution in [0, 0.1) is 6.92 Å². The van der Waals surface area contributed by atoms with Gasteiger partial charge in [-0.1, -0.05) is 60.2 Å². The number of benzene rings is 2. The number of carbonyl (C=O) groups is 1. The van der Waals surface area contributed by atoms with Gasteiger partial charge in [0.1, 0.15) is 0 Å².